The Kier molecular flexibility index (Phi) is 5.56. The van der Waals surface area contributed by atoms with Crippen molar-refractivity contribution in [2.75, 3.05) is 5.32 Å². The average molecular weight is 429 g/mol. The van der Waals surface area contributed by atoms with Crippen LogP contribution in [0.3, 0.4) is 0 Å². The topological polar surface area (TPSA) is 87.7 Å². The first-order valence-electron chi connectivity index (χ1n) is 8.59. The highest BCUT2D eigenvalue weighted by Crippen LogP contribution is 2.32. The van der Waals surface area contributed by atoms with Crippen LogP contribution in [0.4, 0.5) is 5.13 Å². The van der Waals surface area contributed by atoms with Crippen molar-refractivity contribution >= 4 is 55.7 Å². The number of anilines is 1. The van der Waals surface area contributed by atoms with Crippen molar-refractivity contribution in [2.45, 2.75) is 23.8 Å². The maximum absolute atomic E-state index is 12.7. The lowest BCUT2D eigenvalue weighted by Crippen LogP contribution is -2.25. The minimum Gasteiger partial charge on any atom is -0.301 e. The summed E-state index contributed by atoms with van der Waals surface area (Å²) < 4.78 is 0. The fraction of sp³-hybridized carbons (Fsp3) is 0.158. The third kappa shape index (κ3) is 3.87. The number of hydrogen-bond donors (Lipinski definition) is 2. The molecule has 3 aromatic heterocycles. The van der Waals surface area contributed by atoms with Gasteiger partial charge in [0.25, 0.3) is 5.56 Å². The Bertz CT molecular complexity index is 1150. The number of thioether (sulfide) groups is 1. The normalized spacial score (nSPS) is 12.2. The Morgan fingerprint density at radius 1 is 1.29 bits per heavy atom. The van der Waals surface area contributed by atoms with Gasteiger partial charge in [-0.25, -0.2) is 9.97 Å². The molecule has 0 aliphatic heterocycles. The second kappa shape index (κ2) is 8.26. The van der Waals surface area contributed by atoms with E-state index in [9.17, 15) is 9.59 Å². The predicted octanol–water partition coefficient (Wildman–Crippen LogP) is 4.62. The molecule has 28 heavy (non-hydrogen) atoms. The van der Waals surface area contributed by atoms with Crippen LogP contribution in [-0.4, -0.2) is 26.1 Å². The van der Waals surface area contributed by atoms with E-state index in [0.29, 0.717) is 26.9 Å². The van der Waals surface area contributed by atoms with Gasteiger partial charge >= 0.3 is 0 Å². The van der Waals surface area contributed by atoms with Crippen molar-refractivity contribution in [3.05, 3.63) is 57.6 Å². The molecule has 0 bridgehead atoms. The number of aromatic amines is 1. The number of thiophene rings is 1. The first-order valence-corrected chi connectivity index (χ1v) is 11.2. The number of carbonyl (C=O) groups excluding carboxylic acids is 1. The maximum Gasteiger partial charge on any atom is 0.260 e. The molecule has 1 atom stereocenters. The second-order valence-electron chi connectivity index (χ2n) is 5.91. The van der Waals surface area contributed by atoms with Gasteiger partial charge in [-0.05, 0) is 12.0 Å². The van der Waals surface area contributed by atoms with Gasteiger partial charge in [-0.15, -0.1) is 22.7 Å². The van der Waals surface area contributed by atoms with E-state index in [4.69, 9.17) is 0 Å². The Morgan fingerprint density at radius 2 is 2.11 bits per heavy atom. The van der Waals surface area contributed by atoms with Gasteiger partial charge < -0.3 is 10.3 Å². The molecule has 3 heterocycles. The SMILES string of the molecule is CCC(Sc1nc2scc(-c3ccccc3)c2c(=O)[nH]1)C(=O)Nc1nccs1. The van der Waals surface area contributed by atoms with Crippen LogP contribution in [0.1, 0.15) is 13.3 Å². The lowest BCUT2D eigenvalue weighted by molar-refractivity contribution is -0.115. The Balaban J connectivity index is 1.61. The van der Waals surface area contributed by atoms with E-state index >= 15 is 0 Å². The Labute approximate surface area is 173 Å². The molecule has 0 fully saturated rings. The summed E-state index contributed by atoms with van der Waals surface area (Å²) in [5, 5.41) is 7.77. The molecule has 1 unspecified atom stereocenters. The third-order valence-corrected chi connectivity index (χ3v) is 6.90. The Morgan fingerprint density at radius 3 is 2.82 bits per heavy atom. The molecule has 0 aliphatic rings. The van der Waals surface area contributed by atoms with Crippen LogP contribution in [0.25, 0.3) is 21.3 Å². The smallest absolute Gasteiger partial charge is 0.260 e. The number of carbonyl (C=O) groups is 1. The molecule has 9 heteroatoms. The number of hydrogen-bond acceptors (Lipinski definition) is 7. The van der Waals surface area contributed by atoms with Gasteiger partial charge in [0.05, 0.1) is 10.6 Å². The number of fused-ring (bicyclic) bond motifs is 1. The number of thiazole rings is 1. The van der Waals surface area contributed by atoms with Crippen LogP contribution >= 0.6 is 34.4 Å². The standard InChI is InChI=1S/C19H16N4O2S3/c1-2-13(15(24)21-18-20-8-9-26-18)28-19-22-16(25)14-12(10-27-17(14)23-19)11-6-4-3-5-7-11/h3-10,13H,2H2,1H3,(H,20,21,24)(H,22,23,25). The largest absolute Gasteiger partial charge is 0.301 e. The molecule has 1 amide bonds. The van der Waals surface area contributed by atoms with Crippen molar-refractivity contribution in [3.63, 3.8) is 0 Å². The molecule has 0 saturated heterocycles. The zero-order chi connectivity index (χ0) is 19.5. The molecular weight excluding hydrogens is 412 g/mol. The first kappa shape index (κ1) is 18.9. The number of rotatable bonds is 6. The summed E-state index contributed by atoms with van der Waals surface area (Å²) in [6.07, 6.45) is 2.24. The minimum absolute atomic E-state index is 0.152. The average Bonchev–Trinajstić information content (AvgIpc) is 3.36. The number of benzene rings is 1. The highest BCUT2D eigenvalue weighted by atomic mass is 32.2. The number of aromatic nitrogens is 3. The van der Waals surface area contributed by atoms with E-state index in [1.54, 1.807) is 11.6 Å². The third-order valence-electron chi connectivity index (χ3n) is 4.09. The van der Waals surface area contributed by atoms with Gasteiger partial charge in [0.2, 0.25) is 5.91 Å². The second-order valence-corrected chi connectivity index (χ2v) is 8.85. The zero-order valence-electron chi connectivity index (χ0n) is 14.8. The van der Waals surface area contributed by atoms with Gasteiger partial charge in [0, 0.05) is 22.5 Å². The molecule has 0 saturated carbocycles. The molecule has 2 N–H and O–H groups in total. The summed E-state index contributed by atoms with van der Waals surface area (Å²) >= 11 is 4.05. The van der Waals surface area contributed by atoms with Crippen LogP contribution in [0.15, 0.2) is 57.2 Å². The van der Waals surface area contributed by atoms with E-state index in [2.05, 4.69) is 20.3 Å². The van der Waals surface area contributed by atoms with Crippen molar-refractivity contribution < 1.29 is 4.79 Å². The number of nitrogens with zero attached hydrogens (tertiary/aromatic N) is 2. The number of H-pyrrole nitrogens is 1. The summed E-state index contributed by atoms with van der Waals surface area (Å²) in [5.41, 5.74) is 1.66. The van der Waals surface area contributed by atoms with Gasteiger partial charge in [-0.2, -0.15) is 0 Å². The quantitative estimate of drug-likeness (QED) is 0.346. The molecular formula is C19H16N4O2S3. The van der Waals surface area contributed by atoms with Crippen molar-refractivity contribution in [2.24, 2.45) is 0 Å². The van der Waals surface area contributed by atoms with Gasteiger partial charge in [0.15, 0.2) is 10.3 Å². The maximum atomic E-state index is 12.7. The van der Waals surface area contributed by atoms with Crippen LogP contribution in [-0.2, 0) is 4.79 Å². The summed E-state index contributed by atoms with van der Waals surface area (Å²) in [5.74, 6) is -0.152. The lowest BCUT2D eigenvalue weighted by Gasteiger charge is -2.12. The summed E-state index contributed by atoms with van der Waals surface area (Å²) in [4.78, 5) is 37.4. The molecule has 4 rings (SSSR count). The molecule has 6 nitrogen and oxygen atoms in total. The van der Waals surface area contributed by atoms with Crippen LogP contribution in [0, 0.1) is 0 Å². The van der Waals surface area contributed by atoms with Gasteiger partial charge in [-0.1, -0.05) is 49.0 Å². The number of nitrogens with one attached hydrogen (secondary N) is 2. The fourth-order valence-corrected chi connectivity index (χ4v) is 5.18. The monoisotopic (exact) mass is 428 g/mol. The van der Waals surface area contributed by atoms with Crippen LogP contribution in [0.2, 0.25) is 0 Å². The predicted molar refractivity (Wildman–Crippen MR) is 116 cm³/mol. The zero-order valence-corrected chi connectivity index (χ0v) is 17.3. The molecule has 0 aliphatic carbocycles. The summed E-state index contributed by atoms with van der Waals surface area (Å²) in [6, 6.07) is 9.77. The lowest BCUT2D eigenvalue weighted by atomic mass is 10.1. The van der Waals surface area contributed by atoms with Crippen molar-refractivity contribution in [1.29, 1.82) is 0 Å². The summed E-state index contributed by atoms with van der Waals surface area (Å²) in [6.45, 7) is 1.92. The molecule has 1 aromatic carbocycles. The van der Waals surface area contributed by atoms with Gasteiger partial charge in [0.1, 0.15) is 4.83 Å². The molecule has 0 radical (unpaired) electrons. The van der Waals surface area contributed by atoms with E-state index in [-0.39, 0.29) is 16.7 Å². The summed E-state index contributed by atoms with van der Waals surface area (Å²) in [7, 11) is 0. The molecule has 142 valence electrons. The highest BCUT2D eigenvalue weighted by Gasteiger charge is 2.21. The highest BCUT2D eigenvalue weighted by molar-refractivity contribution is 8.00. The Hall–Kier alpha value is -2.49. The molecule has 0 spiro atoms. The van der Waals surface area contributed by atoms with E-state index < -0.39 is 0 Å². The van der Waals surface area contributed by atoms with Crippen molar-refractivity contribution in [3.8, 4) is 11.1 Å². The number of amides is 1. The first-order chi connectivity index (χ1) is 13.7. The van der Waals surface area contributed by atoms with Gasteiger partial charge in [-0.3, -0.25) is 9.59 Å². The van der Waals surface area contributed by atoms with E-state index in [1.807, 2.05) is 42.6 Å². The van der Waals surface area contributed by atoms with Crippen LogP contribution in [0.5, 0.6) is 0 Å². The minimum atomic E-state index is -0.377. The van der Waals surface area contributed by atoms with E-state index in [0.717, 1.165) is 11.1 Å². The molecule has 4 aromatic rings. The van der Waals surface area contributed by atoms with Crippen LogP contribution < -0.4 is 10.9 Å². The van der Waals surface area contributed by atoms with Crippen molar-refractivity contribution in [1.82, 2.24) is 15.0 Å². The van der Waals surface area contributed by atoms with E-state index in [1.165, 1.54) is 34.4 Å². The fourth-order valence-electron chi connectivity index (χ4n) is 2.74.